The van der Waals surface area contributed by atoms with Gasteiger partial charge in [0.1, 0.15) is 17.6 Å². The van der Waals surface area contributed by atoms with Crippen molar-refractivity contribution in [1.82, 2.24) is 9.97 Å². The van der Waals surface area contributed by atoms with Crippen LogP contribution in [0, 0.1) is 28.8 Å². The number of hydrogen-bond acceptors (Lipinski definition) is 4. The molecule has 1 N–H and O–H groups in total. The maximum Gasteiger partial charge on any atom is 0.228 e. The third-order valence-electron chi connectivity index (χ3n) is 2.03. The number of aromatic nitrogens is 2. The van der Waals surface area contributed by atoms with Crippen LogP contribution in [-0.2, 0) is 0 Å². The number of nitriles is 1. The normalized spacial score (nSPS) is 9.89. The molecule has 0 saturated heterocycles. The van der Waals surface area contributed by atoms with Gasteiger partial charge in [-0.2, -0.15) is 5.26 Å². The molecule has 0 atom stereocenters. The summed E-state index contributed by atoms with van der Waals surface area (Å²) in [5, 5.41) is 11.0. The van der Waals surface area contributed by atoms with Gasteiger partial charge in [-0.05, 0) is 6.07 Å². The highest BCUT2D eigenvalue weighted by molar-refractivity contribution is 5.54. The molecule has 0 radical (unpaired) electrons. The number of hydrogen-bond donors (Lipinski definition) is 1. The van der Waals surface area contributed by atoms with Gasteiger partial charge in [0.25, 0.3) is 0 Å². The molecule has 0 amide bonds. The van der Waals surface area contributed by atoms with Crippen LogP contribution in [0.1, 0.15) is 5.69 Å². The SMILES string of the molecule is N#Cc1ccnc(Nc2cc(F)c(F)cc2F)n1. The van der Waals surface area contributed by atoms with Gasteiger partial charge in [-0.15, -0.1) is 0 Å². The van der Waals surface area contributed by atoms with Gasteiger partial charge in [-0.3, -0.25) is 0 Å². The monoisotopic (exact) mass is 250 g/mol. The second kappa shape index (κ2) is 4.71. The quantitative estimate of drug-likeness (QED) is 0.832. The van der Waals surface area contributed by atoms with Crippen molar-refractivity contribution in [2.24, 2.45) is 0 Å². The van der Waals surface area contributed by atoms with Gasteiger partial charge in [-0.25, -0.2) is 23.1 Å². The summed E-state index contributed by atoms with van der Waals surface area (Å²) in [7, 11) is 0. The first-order chi connectivity index (χ1) is 8.60. The van der Waals surface area contributed by atoms with E-state index in [0.29, 0.717) is 12.1 Å². The zero-order valence-electron chi connectivity index (χ0n) is 8.78. The van der Waals surface area contributed by atoms with E-state index in [0.717, 1.165) is 0 Å². The largest absolute Gasteiger partial charge is 0.322 e. The van der Waals surface area contributed by atoms with Gasteiger partial charge in [-0.1, -0.05) is 0 Å². The Morgan fingerprint density at radius 1 is 1.11 bits per heavy atom. The van der Waals surface area contributed by atoms with Crippen LogP contribution in [0.15, 0.2) is 24.4 Å². The minimum atomic E-state index is -1.29. The number of anilines is 2. The van der Waals surface area contributed by atoms with Crippen LogP contribution >= 0.6 is 0 Å². The van der Waals surface area contributed by atoms with E-state index in [1.54, 1.807) is 6.07 Å². The first-order valence-corrected chi connectivity index (χ1v) is 4.75. The Kier molecular flexibility index (Phi) is 3.10. The summed E-state index contributed by atoms with van der Waals surface area (Å²) in [6.45, 7) is 0. The van der Waals surface area contributed by atoms with Crippen molar-refractivity contribution < 1.29 is 13.2 Å². The van der Waals surface area contributed by atoms with Gasteiger partial charge in [0.2, 0.25) is 5.95 Å². The van der Waals surface area contributed by atoms with E-state index in [1.807, 2.05) is 0 Å². The Morgan fingerprint density at radius 3 is 2.56 bits per heavy atom. The molecule has 1 heterocycles. The van der Waals surface area contributed by atoms with Crippen molar-refractivity contribution in [2.75, 3.05) is 5.32 Å². The van der Waals surface area contributed by atoms with Gasteiger partial charge in [0.15, 0.2) is 11.6 Å². The molecule has 90 valence electrons. The van der Waals surface area contributed by atoms with Crippen LogP contribution in [0.25, 0.3) is 0 Å². The van der Waals surface area contributed by atoms with Crippen molar-refractivity contribution >= 4 is 11.6 Å². The lowest BCUT2D eigenvalue weighted by Gasteiger charge is -2.06. The lowest BCUT2D eigenvalue weighted by Crippen LogP contribution is -2.01. The summed E-state index contributed by atoms with van der Waals surface area (Å²) < 4.78 is 38.9. The molecule has 7 heteroatoms. The molecule has 18 heavy (non-hydrogen) atoms. The molecule has 4 nitrogen and oxygen atoms in total. The van der Waals surface area contributed by atoms with Gasteiger partial charge in [0.05, 0.1) is 5.69 Å². The van der Waals surface area contributed by atoms with Gasteiger partial charge in [0, 0.05) is 18.3 Å². The average molecular weight is 250 g/mol. The Hall–Kier alpha value is -2.62. The molecule has 0 bridgehead atoms. The van der Waals surface area contributed by atoms with Crippen molar-refractivity contribution in [3.05, 3.63) is 47.5 Å². The molecule has 0 unspecified atom stereocenters. The maximum absolute atomic E-state index is 13.3. The highest BCUT2D eigenvalue weighted by Crippen LogP contribution is 2.20. The molecule has 0 aliphatic carbocycles. The summed E-state index contributed by atoms with van der Waals surface area (Å²) in [4.78, 5) is 7.43. The molecule has 1 aromatic carbocycles. The molecule has 2 aromatic rings. The van der Waals surface area contributed by atoms with Crippen LogP contribution in [0.4, 0.5) is 24.8 Å². The molecule has 2 rings (SSSR count). The summed E-state index contributed by atoms with van der Waals surface area (Å²) in [5.41, 5.74) is -0.250. The molecule has 0 aliphatic rings. The Labute approximate surface area is 99.7 Å². The van der Waals surface area contributed by atoms with Crippen LogP contribution in [0.5, 0.6) is 0 Å². The van der Waals surface area contributed by atoms with Crippen LogP contribution in [0.3, 0.4) is 0 Å². The first-order valence-electron chi connectivity index (χ1n) is 4.75. The van der Waals surface area contributed by atoms with Crippen LogP contribution in [0.2, 0.25) is 0 Å². The second-order valence-electron chi connectivity index (χ2n) is 3.25. The van der Waals surface area contributed by atoms with Crippen molar-refractivity contribution in [1.29, 1.82) is 5.26 Å². The summed E-state index contributed by atoms with van der Waals surface area (Å²) in [6.07, 6.45) is 1.28. The Bertz CT molecular complexity index is 637. The van der Waals surface area contributed by atoms with E-state index in [4.69, 9.17) is 5.26 Å². The van der Waals surface area contributed by atoms with Crippen molar-refractivity contribution in [3.63, 3.8) is 0 Å². The van der Waals surface area contributed by atoms with E-state index < -0.39 is 17.5 Å². The fourth-order valence-corrected chi connectivity index (χ4v) is 1.22. The minimum Gasteiger partial charge on any atom is -0.322 e. The van der Waals surface area contributed by atoms with Crippen molar-refractivity contribution in [3.8, 4) is 6.07 Å². The zero-order chi connectivity index (χ0) is 13.1. The van der Waals surface area contributed by atoms with Crippen LogP contribution in [-0.4, -0.2) is 9.97 Å². The van der Waals surface area contributed by atoms with Gasteiger partial charge >= 0.3 is 0 Å². The Balaban J connectivity index is 2.34. The number of nitrogens with one attached hydrogen (secondary N) is 1. The summed E-state index contributed by atoms with van der Waals surface area (Å²) in [5.74, 6) is -3.56. The molecule has 0 spiro atoms. The van der Waals surface area contributed by atoms with E-state index in [-0.39, 0.29) is 17.3 Å². The highest BCUT2D eigenvalue weighted by Gasteiger charge is 2.10. The number of rotatable bonds is 2. The number of nitrogens with zero attached hydrogens (tertiary/aromatic N) is 3. The molecule has 1 aromatic heterocycles. The number of benzene rings is 1. The van der Waals surface area contributed by atoms with Crippen molar-refractivity contribution in [2.45, 2.75) is 0 Å². The lowest BCUT2D eigenvalue weighted by atomic mass is 10.3. The maximum atomic E-state index is 13.3. The van der Waals surface area contributed by atoms with Gasteiger partial charge < -0.3 is 5.32 Å². The molecular weight excluding hydrogens is 245 g/mol. The van der Waals surface area contributed by atoms with E-state index in [2.05, 4.69) is 15.3 Å². The average Bonchev–Trinajstić information content (AvgIpc) is 2.36. The lowest BCUT2D eigenvalue weighted by molar-refractivity contribution is 0.496. The third-order valence-corrected chi connectivity index (χ3v) is 2.03. The molecular formula is C11H5F3N4. The zero-order valence-corrected chi connectivity index (χ0v) is 8.78. The van der Waals surface area contributed by atoms with E-state index in [9.17, 15) is 13.2 Å². The smallest absolute Gasteiger partial charge is 0.228 e. The summed E-state index contributed by atoms with van der Waals surface area (Å²) >= 11 is 0. The highest BCUT2D eigenvalue weighted by atomic mass is 19.2. The predicted octanol–water partition coefficient (Wildman–Crippen LogP) is 2.51. The molecule has 0 aliphatic heterocycles. The second-order valence-corrected chi connectivity index (χ2v) is 3.25. The fourth-order valence-electron chi connectivity index (χ4n) is 1.22. The fraction of sp³-hybridized carbons (Fsp3) is 0. The third kappa shape index (κ3) is 2.38. The predicted molar refractivity (Wildman–Crippen MR) is 56.3 cm³/mol. The topological polar surface area (TPSA) is 61.6 Å². The minimum absolute atomic E-state index is 0.0653. The van der Waals surface area contributed by atoms with E-state index >= 15 is 0 Å². The van der Waals surface area contributed by atoms with E-state index in [1.165, 1.54) is 12.3 Å². The molecule has 0 saturated carbocycles. The van der Waals surface area contributed by atoms with Crippen LogP contribution < -0.4 is 5.32 Å². The first kappa shape index (κ1) is 11.9. The summed E-state index contributed by atoms with van der Waals surface area (Å²) in [6, 6.07) is 4.18. The standard InChI is InChI=1S/C11H5F3N4/c12-7-3-9(14)10(4-8(7)13)18-11-16-2-1-6(5-15)17-11/h1-4H,(H,16,17,18). The number of halogens is 3. The Morgan fingerprint density at radius 2 is 1.83 bits per heavy atom. The molecule has 0 fully saturated rings.